The van der Waals surface area contributed by atoms with Crippen molar-refractivity contribution in [3.8, 4) is 5.75 Å². The Balaban J connectivity index is 1.84. The predicted molar refractivity (Wildman–Crippen MR) is 104 cm³/mol. The third kappa shape index (κ3) is 4.13. The molecule has 0 fully saturated rings. The van der Waals surface area contributed by atoms with Gasteiger partial charge in [0.15, 0.2) is 10.8 Å². The molecular weight excluding hydrogens is 366 g/mol. The van der Waals surface area contributed by atoms with Crippen molar-refractivity contribution in [2.24, 2.45) is 0 Å². The Labute approximate surface area is 160 Å². The third-order valence-corrected chi connectivity index (χ3v) is 4.92. The van der Waals surface area contributed by atoms with Gasteiger partial charge in [0.1, 0.15) is 5.75 Å². The standard InChI is InChI=1S/C18H21N5O3S/c1-4-7-19-17(25)20-16(24)10-27-18-22-21-15-8-11(2)13-6-5-12(26-3)9-14(13)23(15)18/h5-6,8-9H,4,7,10H2,1-3H3,(H2,19,20,24,25). The summed E-state index contributed by atoms with van der Waals surface area (Å²) < 4.78 is 7.22. The molecule has 0 radical (unpaired) electrons. The third-order valence-electron chi connectivity index (χ3n) is 4.00. The van der Waals surface area contributed by atoms with Gasteiger partial charge in [-0.05, 0) is 37.1 Å². The number of nitrogens with one attached hydrogen (secondary N) is 2. The summed E-state index contributed by atoms with van der Waals surface area (Å²) in [6, 6.07) is 7.27. The molecule has 142 valence electrons. The maximum absolute atomic E-state index is 12.0. The molecule has 0 aliphatic carbocycles. The number of ether oxygens (including phenoxy) is 1. The van der Waals surface area contributed by atoms with Gasteiger partial charge in [0, 0.05) is 18.0 Å². The number of benzene rings is 1. The maximum atomic E-state index is 12.0. The lowest BCUT2D eigenvalue weighted by atomic mass is 10.1. The smallest absolute Gasteiger partial charge is 0.321 e. The lowest BCUT2D eigenvalue weighted by Crippen LogP contribution is -2.40. The lowest BCUT2D eigenvalue weighted by Gasteiger charge is -2.09. The number of imide groups is 1. The van der Waals surface area contributed by atoms with E-state index in [-0.39, 0.29) is 11.7 Å². The molecule has 2 N–H and O–H groups in total. The van der Waals surface area contributed by atoms with E-state index >= 15 is 0 Å². The van der Waals surface area contributed by atoms with Crippen LogP contribution in [0.2, 0.25) is 0 Å². The van der Waals surface area contributed by atoms with E-state index in [0.29, 0.717) is 17.3 Å². The zero-order valence-corrected chi connectivity index (χ0v) is 16.2. The molecule has 3 aromatic rings. The van der Waals surface area contributed by atoms with Crippen LogP contribution in [0.3, 0.4) is 0 Å². The van der Waals surface area contributed by atoms with Crippen molar-refractivity contribution >= 4 is 40.3 Å². The van der Waals surface area contributed by atoms with E-state index in [2.05, 4.69) is 20.8 Å². The van der Waals surface area contributed by atoms with E-state index in [1.165, 1.54) is 11.8 Å². The largest absolute Gasteiger partial charge is 0.497 e. The molecule has 3 amide bonds. The first-order chi connectivity index (χ1) is 13.0. The van der Waals surface area contributed by atoms with Gasteiger partial charge in [0.05, 0.1) is 18.4 Å². The number of carbonyl (C=O) groups is 2. The number of hydrogen-bond donors (Lipinski definition) is 2. The van der Waals surface area contributed by atoms with Crippen molar-refractivity contribution in [3.05, 3.63) is 29.8 Å². The second kappa shape index (κ2) is 8.26. The summed E-state index contributed by atoms with van der Waals surface area (Å²) in [5, 5.41) is 14.9. The van der Waals surface area contributed by atoms with Crippen molar-refractivity contribution in [3.63, 3.8) is 0 Å². The number of hydrogen-bond acceptors (Lipinski definition) is 6. The highest BCUT2D eigenvalue weighted by Gasteiger charge is 2.15. The summed E-state index contributed by atoms with van der Waals surface area (Å²) in [6.07, 6.45) is 0.804. The minimum absolute atomic E-state index is 0.0552. The Morgan fingerprint density at radius 1 is 1.26 bits per heavy atom. The summed E-state index contributed by atoms with van der Waals surface area (Å²) in [4.78, 5) is 23.6. The minimum Gasteiger partial charge on any atom is -0.497 e. The van der Waals surface area contributed by atoms with Gasteiger partial charge >= 0.3 is 6.03 Å². The van der Waals surface area contributed by atoms with Gasteiger partial charge in [-0.2, -0.15) is 0 Å². The number of aryl methyl sites for hydroxylation is 1. The number of pyridine rings is 1. The van der Waals surface area contributed by atoms with Gasteiger partial charge in [0.25, 0.3) is 0 Å². The molecule has 9 heteroatoms. The number of rotatable bonds is 6. The van der Waals surface area contributed by atoms with Crippen molar-refractivity contribution in [2.45, 2.75) is 25.4 Å². The molecule has 0 spiro atoms. The van der Waals surface area contributed by atoms with Crippen molar-refractivity contribution in [2.75, 3.05) is 19.4 Å². The Kier molecular flexibility index (Phi) is 5.80. The highest BCUT2D eigenvalue weighted by Crippen LogP contribution is 2.28. The summed E-state index contributed by atoms with van der Waals surface area (Å²) in [6.45, 7) is 4.47. The molecule has 27 heavy (non-hydrogen) atoms. The number of methoxy groups -OCH3 is 1. The number of thioether (sulfide) groups is 1. The first kappa shape index (κ1) is 19.0. The number of aromatic nitrogens is 3. The van der Waals surface area contributed by atoms with Gasteiger partial charge in [-0.3, -0.25) is 14.5 Å². The van der Waals surface area contributed by atoms with Crippen LogP contribution < -0.4 is 15.4 Å². The SMILES string of the molecule is CCCNC(=O)NC(=O)CSc1nnc2cc(C)c3ccc(OC)cc3n12. The van der Waals surface area contributed by atoms with Crippen LogP contribution in [0.5, 0.6) is 5.75 Å². The number of urea groups is 1. The molecule has 2 aromatic heterocycles. The lowest BCUT2D eigenvalue weighted by molar-refractivity contribution is -0.117. The molecule has 8 nitrogen and oxygen atoms in total. The topological polar surface area (TPSA) is 97.6 Å². The molecular formula is C18H21N5O3S. The fourth-order valence-electron chi connectivity index (χ4n) is 2.70. The Morgan fingerprint density at radius 3 is 2.81 bits per heavy atom. The average Bonchev–Trinajstić information content (AvgIpc) is 3.07. The number of fused-ring (bicyclic) bond motifs is 3. The molecule has 1 aromatic carbocycles. The van der Waals surface area contributed by atoms with E-state index < -0.39 is 6.03 Å². The predicted octanol–water partition coefficient (Wildman–Crippen LogP) is 2.53. The van der Waals surface area contributed by atoms with E-state index in [4.69, 9.17) is 4.74 Å². The highest BCUT2D eigenvalue weighted by molar-refractivity contribution is 7.99. The molecule has 0 saturated heterocycles. The van der Waals surface area contributed by atoms with Gasteiger partial charge < -0.3 is 10.1 Å². The summed E-state index contributed by atoms with van der Waals surface area (Å²) in [5.74, 6) is 0.392. The van der Waals surface area contributed by atoms with Crippen LogP contribution in [0.4, 0.5) is 4.79 Å². The molecule has 0 bridgehead atoms. The summed E-state index contributed by atoms with van der Waals surface area (Å²) >= 11 is 1.22. The zero-order chi connectivity index (χ0) is 19.4. The Bertz CT molecular complexity index is 1000. The molecule has 0 aliphatic rings. The number of carbonyl (C=O) groups excluding carboxylic acids is 2. The fraction of sp³-hybridized carbons (Fsp3) is 0.333. The molecule has 0 aliphatic heterocycles. The number of amides is 3. The van der Waals surface area contributed by atoms with Gasteiger partial charge in [0.2, 0.25) is 5.91 Å². The van der Waals surface area contributed by atoms with Crippen LogP contribution in [-0.2, 0) is 4.79 Å². The first-order valence-corrected chi connectivity index (χ1v) is 9.55. The zero-order valence-electron chi connectivity index (χ0n) is 15.4. The second-order valence-electron chi connectivity index (χ2n) is 5.98. The fourth-order valence-corrected chi connectivity index (χ4v) is 3.45. The molecule has 2 heterocycles. The van der Waals surface area contributed by atoms with Crippen LogP contribution in [0.1, 0.15) is 18.9 Å². The van der Waals surface area contributed by atoms with E-state index in [1.807, 2.05) is 42.5 Å². The summed E-state index contributed by atoms with van der Waals surface area (Å²) in [5.41, 5.74) is 2.67. The van der Waals surface area contributed by atoms with Gasteiger partial charge in [-0.15, -0.1) is 10.2 Å². The van der Waals surface area contributed by atoms with Crippen LogP contribution in [0.15, 0.2) is 29.4 Å². The van der Waals surface area contributed by atoms with Crippen LogP contribution >= 0.6 is 11.8 Å². The van der Waals surface area contributed by atoms with Crippen molar-refractivity contribution in [1.82, 2.24) is 25.2 Å². The number of nitrogens with zero attached hydrogens (tertiary/aromatic N) is 3. The first-order valence-electron chi connectivity index (χ1n) is 8.56. The van der Waals surface area contributed by atoms with Gasteiger partial charge in [-0.1, -0.05) is 18.7 Å². The Hall–Kier alpha value is -2.81. The minimum atomic E-state index is -0.487. The highest BCUT2D eigenvalue weighted by atomic mass is 32.2. The van der Waals surface area contributed by atoms with Crippen LogP contribution in [0.25, 0.3) is 16.6 Å². The maximum Gasteiger partial charge on any atom is 0.321 e. The molecule has 0 atom stereocenters. The monoisotopic (exact) mass is 387 g/mol. The second-order valence-corrected chi connectivity index (χ2v) is 6.92. The summed E-state index contributed by atoms with van der Waals surface area (Å²) in [7, 11) is 1.61. The van der Waals surface area contributed by atoms with Gasteiger partial charge in [-0.25, -0.2) is 4.79 Å². The average molecular weight is 387 g/mol. The van der Waals surface area contributed by atoms with Crippen LogP contribution in [0, 0.1) is 6.92 Å². The Morgan fingerprint density at radius 2 is 2.07 bits per heavy atom. The molecule has 0 saturated carbocycles. The molecule has 0 unspecified atom stereocenters. The van der Waals surface area contributed by atoms with Crippen molar-refractivity contribution < 1.29 is 14.3 Å². The van der Waals surface area contributed by atoms with Crippen molar-refractivity contribution in [1.29, 1.82) is 0 Å². The normalized spacial score (nSPS) is 10.9. The van der Waals surface area contributed by atoms with E-state index in [0.717, 1.165) is 28.6 Å². The van der Waals surface area contributed by atoms with Crippen LogP contribution in [-0.4, -0.2) is 45.9 Å². The quantitative estimate of drug-likeness (QED) is 0.631. The van der Waals surface area contributed by atoms with E-state index in [1.54, 1.807) is 7.11 Å². The van der Waals surface area contributed by atoms with E-state index in [9.17, 15) is 9.59 Å². The molecule has 3 rings (SSSR count).